The van der Waals surface area contributed by atoms with Crippen molar-refractivity contribution in [3.8, 4) is 0 Å². The molecular weight excluding hydrogens is 349 g/mol. The van der Waals surface area contributed by atoms with Crippen LogP contribution in [0.3, 0.4) is 0 Å². The fourth-order valence-electron chi connectivity index (χ4n) is 3.05. The Kier molecular flexibility index (Phi) is 5.85. The Bertz CT molecular complexity index is 807. The summed E-state index contributed by atoms with van der Waals surface area (Å²) in [7, 11) is 0. The van der Waals surface area contributed by atoms with E-state index in [2.05, 4.69) is 9.88 Å². The van der Waals surface area contributed by atoms with E-state index in [1.165, 1.54) is 0 Å². The zero-order valence-electron chi connectivity index (χ0n) is 14.9. The summed E-state index contributed by atoms with van der Waals surface area (Å²) in [6.45, 7) is 2.75. The normalized spacial score (nSPS) is 14.1. The lowest BCUT2D eigenvalue weighted by atomic mass is 10.1. The molecule has 1 aromatic heterocycles. The van der Waals surface area contributed by atoms with Crippen LogP contribution in [0.5, 0.6) is 0 Å². The maximum Gasteiger partial charge on any atom is 0.313 e. The quantitative estimate of drug-likeness (QED) is 0.458. The Morgan fingerprint density at radius 3 is 2.48 bits per heavy atom. The number of hydrogen-bond donors (Lipinski definition) is 2. The number of ether oxygens (including phenoxy) is 1. The molecule has 0 saturated carbocycles. The molecule has 142 valence electrons. The van der Waals surface area contributed by atoms with Crippen LogP contribution in [0.4, 0.5) is 15.8 Å². The zero-order valence-corrected chi connectivity index (χ0v) is 14.9. The van der Waals surface area contributed by atoms with Gasteiger partial charge in [0.1, 0.15) is 18.9 Å². The molecule has 0 spiro atoms. The molecule has 0 aliphatic carbocycles. The standard InChI is InChI=1S/C19H22FN5O2/c20-19-14(13-27-18(26)12-17(21)22)2-1-3-16(19)25-10-8-24(9-11-25)15-4-6-23-7-5-15/h1-7H,8-13H2,(H3,21,22). The van der Waals surface area contributed by atoms with Gasteiger partial charge in [-0.25, -0.2) is 4.39 Å². The van der Waals surface area contributed by atoms with Gasteiger partial charge in [-0.05, 0) is 18.2 Å². The topological polar surface area (TPSA) is 95.5 Å². The Balaban J connectivity index is 1.62. The summed E-state index contributed by atoms with van der Waals surface area (Å²) in [6.07, 6.45) is 3.23. The van der Waals surface area contributed by atoms with Crippen molar-refractivity contribution in [3.63, 3.8) is 0 Å². The van der Waals surface area contributed by atoms with Crippen molar-refractivity contribution in [2.75, 3.05) is 36.0 Å². The number of hydrogen-bond acceptors (Lipinski definition) is 6. The molecule has 0 bridgehead atoms. The number of carbonyl (C=O) groups excluding carboxylic acids is 1. The van der Waals surface area contributed by atoms with E-state index in [0.717, 1.165) is 18.8 Å². The first kappa shape index (κ1) is 18.6. The molecule has 3 rings (SSSR count). The van der Waals surface area contributed by atoms with Gasteiger partial charge in [0.15, 0.2) is 5.82 Å². The van der Waals surface area contributed by atoms with E-state index < -0.39 is 5.97 Å². The molecule has 0 amide bonds. The third kappa shape index (κ3) is 4.72. The van der Waals surface area contributed by atoms with Crippen LogP contribution in [0, 0.1) is 11.2 Å². The highest BCUT2D eigenvalue weighted by Crippen LogP contribution is 2.25. The predicted octanol–water partition coefficient (Wildman–Crippen LogP) is 1.92. The number of anilines is 2. The van der Waals surface area contributed by atoms with Gasteiger partial charge in [0, 0.05) is 49.8 Å². The van der Waals surface area contributed by atoms with Crippen LogP contribution >= 0.6 is 0 Å². The SMILES string of the molecule is N=C(N)CC(=O)OCc1cccc(N2CCN(c3ccncc3)CC2)c1F. The molecule has 2 heterocycles. The molecule has 7 nitrogen and oxygen atoms in total. The molecule has 0 unspecified atom stereocenters. The van der Waals surface area contributed by atoms with Gasteiger partial charge in [-0.2, -0.15) is 0 Å². The molecule has 1 saturated heterocycles. The number of nitrogens with one attached hydrogen (secondary N) is 1. The third-order valence-corrected chi connectivity index (χ3v) is 4.43. The van der Waals surface area contributed by atoms with Crippen molar-refractivity contribution in [1.29, 1.82) is 5.41 Å². The summed E-state index contributed by atoms with van der Waals surface area (Å²) in [5.41, 5.74) is 7.08. The lowest BCUT2D eigenvalue weighted by Crippen LogP contribution is -2.46. The zero-order chi connectivity index (χ0) is 19.2. The van der Waals surface area contributed by atoms with E-state index in [1.807, 2.05) is 17.0 Å². The molecule has 27 heavy (non-hydrogen) atoms. The van der Waals surface area contributed by atoms with Gasteiger partial charge in [-0.1, -0.05) is 12.1 Å². The summed E-state index contributed by atoms with van der Waals surface area (Å²) in [6, 6.07) is 9.01. The molecule has 1 aliphatic rings. The molecule has 1 aromatic carbocycles. The van der Waals surface area contributed by atoms with E-state index in [0.29, 0.717) is 24.3 Å². The number of piperazine rings is 1. The van der Waals surface area contributed by atoms with Crippen LogP contribution in [0.25, 0.3) is 0 Å². The minimum absolute atomic E-state index is 0.178. The van der Waals surface area contributed by atoms with Gasteiger partial charge in [0.2, 0.25) is 0 Å². The number of nitrogens with two attached hydrogens (primary N) is 1. The van der Waals surface area contributed by atoms with E-state index in [1.54, 1.807) is 30.6 Å². The van der Waals surface area contributed by atoms with Crippen LogP contribution in [0.2, 0.25) is 0 Å². The number of benzene rings is 1. The van der Waals surface area contributed by atoms with E-state index in [4.69, 9.17) is 15.9 Å². The van der Waals surface area contributed by atoms with Crippen molar-refractivity contribution < 1.29 is 13.9 Å². The van der Waals surface area contributed by atoms with Crippen molar-refractivity contribution in [2.24, 2.45) is 5.73 Å². The second-order valence-corrected chi connectivity index (χ2v) is 6.29. The van der Waals surface area contributed by atoms with Crippen molar-refractivity contribution in [3.05, 3.63) is 54.1 Å². The van der Waals surface area contributed by atoms with E-state index in [-0.39, 0.29) is 24.7 Å². The smallest absolute Gasteiger partial charge is 0.313 e. The maximum atomic E-state index is 14.9. The summed E-state index contributed by atoms with van der Waals surface area (Å²) >= 11 is 0. The van der Waals surface area contributed by atoms with Crippen molar-refractivity contribution in [1.82, 2.24) is 4.98 Å². The summed E-state index contributed by atoms with van der Waals surface area (Å²) in [5, 5.41) is 7.09. The fraction of sp³-hybridized carbons (Fsp3) is 0.316. The first-order chi connectivity index (χ1) is 13.0. The number of rotatable bonds is 6. The monoisotopic (exact) mass is 371 g/mol. The molecule has 8 heteroatoms. The molecule has 1 fully saturated rings. The number of nitrogens with zero attached hydrogens (tertiary/aromatic N) is 3. The highest BCUT2D eigenvalue weighted by atomic mass is 19.1. The van der Waals surface area contributed by atoms with Gasteiger partial charge >= 0.3 is 5.97 Å². The van der Waals surface area contributed by atoms with Gasteiger partial charge in [0.05, 0.1) is 5.69 Å². The Morgan fingerprint density at radius 2 is 1.81 bits per heavy atom. The molecule has 3 N–H and O–H groups in total. The molecule has 1 aliphatic heterocycles. The molecular formula is C19H22FN5O2. The predicted molar refractivity (Wildman–Crippen MR) is 101 cm³/mol. The highest BCUT2D eigenvalue weighted by Gasteiger charge is 2.21. The van der Waals surface area contributed by atoms with Crippen LogP contribution < -0.4 is 15.5 Å². The fourth-order valence-corrected chi connectivity index (χ4v) is 3.05. The molecule has 2 aromatic rings. The van der Waals surface area contributed by atoms with Crippen LogP contribution in [0.15, 0.2) is 42.7 Å². The number of pyridine rings is 1. The van der Waals surface area contributed by atoms with Crippen molar-refractivity contribution >= 4 is 23.2 Å². The number of halogens is 1. The second kappa shape index (κ2) is 8.48. The highest BCUT2D eigenvalue weighted by molar-refractivity contribution is 5.94. The lowest BCUT2D eigenvalue weighted by molar-refractivity contribution is -0.143. The Morgan fingerprint density at radius 1 is 1.15 bits per heavy atom. The van der Waals surface area contributed by atoms with Crippen LogP contribution in [-0.4, -0.2) is 43.0 Å². The van der Waals surface area contributed by atoms with Gasteiger partial charge in [-0.3, -0.25) is 15.2 Å². The van der Waals surface area contributed by atoms with Gasteiger partial charge in [0.25, 0.3) is 0 Å². The first-order valence-corrected chi connectivity index (χ1v) is 8.70. The summed E-state index contributed by atoms with van der Waals surface area (Å²) < 4.78 is 19.9. The van der Waals surface area contributed by atoms with Crippen molar-refractivity contribution in [2.45, 2.75) is 13.0 Å². The number of esters is 1. The molecule has 0 atom stereocenters. The van der Waals surface area contributed by atoms with Crippen LogP contribution in [0.1, 0.15) is 12.0 Å². The van der Waals surface area contributed by atoms with Crippen LogP contribution in [-0.2, 0) is 16.1 Å². The average molecular weight is 371 g/mol. The number of amidine groups is 1. The van der Waals surface area contributed by atoms with E-state index >= 15 is 0 Å². The summed E-state index contributed by atoms with van der Waals surface area (Å²) in [4.78, 5) is 19.8. The Hall–Kier alpha value is -3.16. The maximum absolute atomic E-state index is 14.9. The Labute approximate surface area is 157 Å². The lowest BCUT2D eigenvalue weighted by Gasteiger charge is -2.37. The van der Waals surface area contributed by atoms with Gasteiger partial charge in [-0.15, -0.1) is 0 Å². The van der Waals surface area contributed by atoms with E-state index in [9.17, 15) is 9.18 Å². The number of aromatic nitrogens is 1. The average Bonchev–Trinajstić information content (AvgIpc) is 2.67. The second-order valence-electron chi connectivity index (χ2n) is 6.29. The first-order valence-electron chi connectivity index (χ1n) is 8.70. The largest absolute Gasteiger partial charge is 0.460 e. The summed E-state index contributed by atoms with van der Waals surface area (Å²) in [5.74, 6) is -1.30. The third-order valence-electron chi connectivity index (χ3n) is 4.43. The minimum atomic E-state index is -0.640. The van der Waals surface area contributed by atoms with Gasteiger partial charge < -0.3 is 20.3 Å². The number of carbonyl (C=O) groups is 1. The minimum Gasteiger partial charge on any atom is -0.460 e. The molecule has 0 radical (unpaired) electrons.